The van der Waals surface area contributed by atoms with Gasteiger partial charge in [0.25, 0.3) is 6.43 Å². The first-order valence-corrected chi connectivity index (χ1v) is 12.1. The van der Waals surface area contributed by atoms with Crippen molar-refractivity contribution in [1.29, 1.82) is 0 Å². The van der Waals surface area contributed by atoms with E-state index in [0.717, 1.165) is 6.07 Å². The number of anilines is 1. The van der Waals surface area contributed by atoms with Crippen LogP contribution in [0.15, 0.2) is 30.5 Å². The van der Waals surface area contributed by atoms with Crippen molar-refractivity contribution in [3.05, 3.63) is 53.2 Å². The number of hydrogen-bond donors (Lipinski definition) is 2. The molecule has 164 valence electrons. The summed E-state index contributed by atoms with van der Waals surface area (Å²) in [7, 11) is -2.62. The van der Waals surface area contributed by atoms with Crippen LogP contribution >= 0.6 is 7.14 Å². The molecule has 3 heterocycles. The molecule has 2 N–H and O–H groups in total. The van der Waals surface area contributed by atoms with E-state index in [9.17, 15) is 17.7 Å². The summed E-state index contributed by atoms with van der Waals surface area (Å²) in [5.74, 6) is -0.0385. The molecular formula is C21H23F3N5OP. The van der Waals surface area contributed by atoms with Crippen LogP contribution in [0, 0.1) is 12.7 Å². The van der Waals surface area contributed by atoms with Crippen molar-refractivity contribution in [2.45, 2.75) is 26.3 Å². The van der Waals surface area contributed by atoms with Gasteiger partial charge in [-0.25, -0.2) is 23.1 Å². The summed E-state index contributed by atoms with van der Waals surface area (Å²) in [5, 5.41) is 6.94. The van der Waals surface area contributed by atoms with Crippen molar-refractivity contribution in [3.8, 4) is 0 Å². The highest BCUT2D eigenvalue weighted by molar-refractivity contribution is 7.71. The van der Waals surface area contributed by atoms with Gasteiger partial charge in [0.1, 0.15) is 30.0 Å². The van der Waals surface area contributed by atoms with Crippen LogP contribution in [0.3, 0.4) is 0 Å². The van der Waals surface area contributed by atoms with Gasteiger partial charge in [0.05, 0.1) is 23.3 Å². The minimum absolute atomic E-state index is 0.114. The number of benzene rings is 1. The van der Waals surface area contributed by atoms with Gasteiger partial charge < -0.3 is 15.2 Å². The molecule has 1 aliphatic heterocycles. The topological polar surface area (TPSA) is 79.8 Å². The highest BCUT2D eigenvalue weighted by Crippen LogP contribution is 2.44. The minimum atomic E-state index is -2.90. The van der Waals surface area contributed by atoms with Crippen molar-refractivity contribution in [2.75, 3.05) is 30.7 Å². The van der Waals surface area contributed by atoms with Gasteiger partial charge in [-0.05, 0) is 19.9 Å². The number of hydrogen-bond acceptors (Lipinski definition) is 6. The van der Waals surface area contributed by atoms with Gasteiger partial charge in [-0.1, -0.05) is 18.2 Å². The third kappa shape index (κ3) is 4.29. The summed E-state index contributed by atoms with van der Waals surface area (Å²) >= 11 is 0. The number of pyridine rings is 1. The van der Waals surface area contributed by atoms with E-state index >= 15 is 0 Å². The molecule has 6 nitrogen and oxygen atoms in total. The van der Waals surface area contributed by atoms with Crippen LogP contribution < -0.4 is 16.1 Å². The van der Waals surface area contributed by atoms with Gasteiger partial charge in [0, 0.05) is 36.4 Å². The maximum Gasteiger partial charge on any atom is 0.266 e. The average molecular weight is 449 g/mol. The van der Waals surface area contributed by atoms with Gasteiger partial charge in [0.2, 0.25) is 0 Å². The summed E-state index contributed by atoms with van der Waals surface area (Å²) in [6, 6.07) is 5.06. The lowest BCUT2D eigenvalue weighted by molar-refractivity contribution is 0.146. The van der Waals surface area contributed by atoms with Crippen LogP contribution in [0.5, 0.6) is 0 Å². The molecule has 0 saturated carbocycles. The fourth-order valence-corrected chi connectivity index (χ4v) is 6.16. The smallest absolute Gasteiger partial charge is 0.266 e. The van der Waals surface area contributed by atoms with Gasteiger partial charge >= 0.3 is 0 Å². The fraction of sp³-hybridized carbons (Fsp3) is 0.381. The van der Waals surface area contributed by atoms with Crippen LogP contribution in [0.4, 0.5) is 19.0 Å². The SMILES string of the molecule is Cc1nc(N[C@H](C)c2cccc(C(F)F)c2F)c2cc(P3(=O)CCNCC3)ncc2n1. The zero-order valence-corrected chi connectivity index (χ0v) is 18.1. The Morgan fingerprint density at radius 2 is 1.87 bits per heavy atom. The second kappa shape index (κ2) is 8.55. The molecule has 0 amide bonds. The van der Waals surface area contributed by atoms with Crippen molar-refractivity contribution in [2.24, 2.45) is 0 Å². The number of nitrogens with zero attached hydrogens (tertiary/aromatic N) is 3. The Morgan fingerprint density at radius 1 is 1.16 bits per heavy atom. The quantitative estimate of drug-likeness (QED) is 0.569. The number of rotatable bonds is 5. The highest BCUT2D eigenvalue weighted by Gasteiger charge is 2.29. The number of halogens is 3. The van der Waals surface area contributed by atoms with Crippen LogP contribution in [-0.2, 0) is 4.57 Å². The number of fused-ring (bicyclic) bond motifs is 1. The van der Waals surface area contributed by atoms with E-state index in [1.54, 1.807) is 26.1 Å². The molecule has 0 aliphatic carbocycles. The molecule has 31 heavy (non-hydrogen) atoms. The van der Waals surface area contributed by atoms with Gasteiger partial charge in [-0.15, -0.1) is 0 Å². The lowest BCUT2D eigenvalue weighted by Crippen LogP contribution is -2.33. The van der Waals surface area contributed by atoms with E-state index in [1.807, 2.05) is 0 Å². The minimum Gasteiger partial charge on any atom is -0.363 e. The molecule has 1 saturated heterocycles. The molecule has 2 aromatic heterocycles. The van der Waals surface area contributed by atoms with Crippen LogP contribution in [0.1, 0.15) is 36.3 Å². The normalized spacial score (nSPS) is 17.1. The summed E-state index contributed by atoms with van der Waals surface area (Å²) in [5.41, 5.74) is 0.568. The number of nitrogens with one attached hydrogen (secondary N) is 2. The highest BCUT2D eigenvalue weighted by atomic mass is 31.2. The zero-order chi connectivity index (χ0) is 22.2. The standard InChI is InChI=1S/C21H23F3N5OP/c1-12(14-4-3-5-15(19(14)22)20(23)24)27-21-16-10-18(31(30)8-6-25-7-9-31)26-11-17(16)28-13(2)29-21/h3-5,10-12,20,25H,6-9H2,1-2H3,(H,27,28,29)/t12-/m1/s1. The Kier molecular flexibility index (Phi) is 5.99. The third-order valence-electron chi connectivity index (χ3n) is 5.51. The predicted octanol–water partition coefficient (Wildman–Crippen LogP) is 4.17. The van der Waals surface area contributed by atoms with Gasteiger partial charge in [0.15, 0.2) is 0 Å². The number of alkyl halides is 2. The molecular weight excluding hydrogens is 426 g/mol. The predicted molar refractivity (Wildman–Crippen MR) is 115 cm³/mol. The van der Waals surface area contributed by atoms with E-state index in [2.05, 4.69) is 25.6 Å². The Hall–Kier alpha value is -2.51. The Bertz CT molecular complexity index is 1160. The summed E-state index contributed by atoms with van der Waals surface area (Å²) in [6.07, 6.45) is -0.258. The van der Waals surface area contributed by atoms with Crippen LogP contribution in [0.2, 0.25) is 0 Å². The maximum absolute atomic E-state index is 14.6. The summed E-state index contributed by atoms with van der Waals surface area (Å²) < 4.78 is 54.2. The molecule has 0 bridgehead atoms. The monoisotopic (exact) mass is 449 g/mol. The molecule has 0 radical (unpaired) electrons. The summed E-state index contributed by atoms with van der Waals surface area (Å²) in [4.78, 5) is 13.2. The first-order valence-electron chi connectivity index (χ1n) is 10.1. The second-order valence-corrected chi connectivity index (χ2v) is 10.8. The van der Waals surface area contributed by atoms with Crippen molar-refractivity contribution in [3.63, 3.8) is 0 Å². The van der Waals surface area contributed by atoms with E-state index in [-0.39, 0.29) is 5.56 Å². The molecule has 1 fully saturated rings. The first kappa shape index (κ1) is 21.7. The lowest BCUT2D eigenvalue weighted by atomic mass is 10.0. The Labute approximate surface area is 178 Å². The second-order valence-electron chi connectivity index (χ2n) is 7.68. The Balaban J connectivity index is 1.74. The molecule has 10 heteroatoms. The van der Waals surface area contributed by atoms with Crippen LogP contribution in [0.25, 0.3) is 10.9 Å². The lowest BCUT2D eigenvalue weighted by Gasteiger charge is -2.23. The summed E-state index contributed by atoms with van der Waals surface area (Å²) in [6.45, 7) is 4.73. The van der Waals surface area contributed by atoms with E-state index in [4.69, 9.17) is 0 Å². The van der Waals surface area contributed by atoms with Gasteiger partial charge in [-0.3, -0.25) is 4.98 Å². The van der Waals surface area contributed by atoms with Crippen molar-refractivity contribution >= 4 is 29.3 Å². The van der Waals surface area contributed by atoms with Gasteiger partial charge in [-0.2, -0.15) is 0 Å². The zero-order valence-electron chi connectivity index (χ0n) is 17.2. The van der Waals surface area contributed by atoms with Crippen LogP contribution in [-0.4, -0.2) is 40.4 Å². The average Bonchev–Trinajstić information content (AvgIpc) is 2.73. The first-order chi connectivity index (χ1) is 14.8. The van der Waals surface area contributed by atoms with Crippen molar-refractivity contribution < 1.29 is 17.7 Å². The number of aryl methyl sites for hydroxylation is 1. The fourth-order valence-electron chi connectivity index (χ4n) is 3.81. The molecule has 1 aliphatic rings. The molecule has 4 rings (SSSR count). The molecule has 3 aromatic rings. The number of aromatic nitrogens is 3. The largest absolute Gasteiger partial charge is 0.363 e. The third-order valence-corrected chi connectivity index (χ3v) is 8.48. The van der Waals surface area contributed by atoms with Crippen molar-refractivity contribution in [1.82, 2.24) is 20.3 Å². The molecule has 0 spiro atoms. The molecule has 1 atom stereocenters. The van der Waals surface area contributed by atoms with E-state index < -0.39 is 31.0 Å². The molecule has 1 aromatic carbocycles. The van der Waals surface area contributed by atoms with E-state index in [1.165, 1.54) is 12.1 Å². The maximum atomic E-state index is 14.6. The van der Waals surface area contributed by atoms with E-state index in [0.29, 0.717) is 53.4 Å². The molecule has 0 unspecified atom stereocenters. The Morgan fingerprint density at radius 3 is 2.58 bits per heavy atom.